The molecule has 1 saturated carbocycles. The van der Waals surface area contributed by atoms with Crippen LogP contribution in [0.1, 0.15) is 60.8 Å². The summed E-state index contributed by atoms with van der Waals surface area (Å²) in [5, 5.41) is 3.89. The van der Waals surface area contributed by atoms with Crippen LogP contribution in [0.4, 0.5) is 0 Å². The third kappa shape index (κ3) is 7.93. The summed E-state index contributed by atoms with van der Waals surface area (Å²) in [6.45, 7) is 2.35. The van der Waals surface area contributed by atoms with Crippen LogP contribution in [0.25, 0.3) is 0 Å². The van der Waals surface area contributed by atoms with Gasteiger partial charge in [-0.05, 0) is 48.9 Å². The predicted molar refractivity (Wildman–Crippen MR) is 150 cm³/mol. The Morgan fingerprint density at radius 3 is 2.27 bits per heavy atom. The first kappa shape index (κ1) is 26.9. The number of hydrogen-bond donors (Lipinski definition) is 1. The molecule has 1 aliphatic carbocycles. The number of benzene rings is 3. The summed E-state index contributed by atoms with van der Waals surface area (Å²) in [5.74, 6) is -0.119. The topological polar surface area (TPSA) is 49.4 Å². The molecule has 2 amide bonds. The number of nitrogens with one attached hydrogen (secondary N) is 1. The second-order valence-electron chi connectivity index (χ2n) is 10.1. The Labute approximate surface area is 226 Å². The Kier molecular flexibility index (Phi) is 9.78. The summed E-state index contributed by atoms with van der Waals surface area (Å²) in [6, 6.07) is 25.3. The highest BCUT2D eigenvalue weighted by Crippen LogP contribution is 2.23. The molecule has 1 fully saturated rings. The number of rotatable bonds is 10. The largest absolute Gasteiger partial charge is 0.352 e. The SMILES string of the molecule is Cc1ccc(CCC(=O)N(Cc2ccccc2Cl)[C@H](Cc2ccccc2)C(=O)NC2CCCCC2)cc1. The van der Waals surface area contributed by atoms with Gasteiger partial charge in [0.25, 0.3) is 0 Å². The second-order valence-corrected chi connectivity index (χ2v) is 10.6. The molecule has 0 bridgehead atoms. The van der Waals surface area contributed by atoms with E-state index in [9.17, 15) is 9.59 Å². The molecule has 0 spiro atoms. The van der Waals surface area contributed by atoms with Gasteiger partial charge in [-0.25, -0.2) is 0 Å². The number of carbonyl (C=O) groups excluding carboxylic acids is 2. The molecule has 3 aromatic rings. The van der Waals surface area contributed by atoms with Gasteiger partial charge in [0.2, 0.25) is 11.8 Å². The van der Waals surface area contributed by atoms with E-state index in [2.05, 4.69) is 36.5 Å². The highest BCUT2D eigenvalue weighted by atomic mass is 35.5. The fourth-order valence-electron chi connectivity index (χ4n) is 5.06. The van der Waals surface area contributed by atoms with Gasteiger partial charge in [-0.2, -0.15) is 0 Å². The maximum atomic E-state index is 13.8. The molecule has 4 rings (SSSR count). The van der Waals surface area contributed by atoms with Crippen molar-refractivity contribution in [3.05, 3.63) is 106 Å². The number of halogens is 1. The van der Waals surface area contributed by atoms with Gasteiger partial charge in [0.05, 0.1) is 0 Å². The van der Waals surface area contributed by atoms with Crippen LogP contribution in [-0.2, 0) is 29.0 Å². The molecule has 194 valence electrons. The Hall–Kier alpha value is -3.11. The molecule has 37 heavy (non-hydrogen) atoms. The standard InChI is InChI=1S/C32H37ClN2O2/c1-24-16-18-25(19-17-24)20-21-31(36)35(23-27-12-8-9-15-29(27)33)30(22-26-10-4-2-5-11-26)32(37)34-28-13-6-3-7-14-28/h2,4-5,8-12,15-19,28,30H,3,6-7,13-14,20-23H2,1H3,(H,34,37)/t30-/m1/s1. The fraction of sp³-hybridized carbons (Fsp3) is 0.375. The van der Waals surface area contributed by atoms with Crippen LogP contribution in [0.15, 0.2) is 78.9 Å². The van der Waals surface area contributed by atoms with E-state index in [0.717, 1.165) is 42.4 Å². The molecular formula is C32H37ClN2O2. The molecular weight excluding hydrogens is 480 g/mol. The molecule has 3 aromatic carbocycles. The third-order valence-electron chi connectivity index (χ3n) is 7.27. The van der Waals surface area contributed by atoms with Crippen LogP contribution >= 0.6 is 11.6 Å². The van der Waals surface area contributed by atoms with Gasteiger partial charge in [-0.15, -0.1) is 0 Å². The summed E-state index contributed by atoms with van der Waals surface area (Å²) < 4.78 is 0. The smallest absolute Gasteiger partial charge is 0.243 e. The minimum absolute atomic E-state index is 0.0415. The molecule has 0 heterocycles. The third-order valence-corrected chi connectivity index (χ3v) is 7.64. The highest BCUT2D eigenvalue weighted by molar-refractivity contribution is 6.31. The molecule has 0 unspecified atom stereocenters. The van der Waals surface area contributed by atoms with Gasteiger partial charge < -0.3 is 10.2 Å². The van der Waals surface area contributed by atoms with E-state index >= 15 is 0 Å². The number of amides is 2. The first-order valence-electron chi connectivity index (χ1n) is 13.4. The van der Waals surface area contributed by atoms with Crippen LogP contribution in [0.5, 0.6) is 0 Å². The van der Waals surface area contributed by atoms with E-state index < -0.39 is 6.04 Å². The number of carbonyl (C=O) groups is 2. The zero-order valence-electron chi connectivity index (χ0n) is 21.7. The average molecular weight is 517 g/mol. The average Bonchev–Trinajstić information content (AvgIpc) is 2.92. The summed E-state index contributed by atoms with van der Waals surface area (Å²) in [5.41, 5.74) is 4.18. The summed E-state index contributed by atoms with van der Waals surface area (Å²) in [6.07, 6.45) is 6.89. The lowest BCUT2D eigenvalue weighted by atomic mass is 9.94. The predicted octanol–water partition coefficient (Wildman–Crippen LogP) is 6.67. The molecule has 1 aliphatic rings. The summed E-state index contributed by atoms with van der Waals surface area (Å²) in [4.78, 5) is 29.4. The maximum absolute atomic E-state index is 13.8. The van der Waals surface area contributed by atoms with Crippen LogP contribution in [0, 0.1) is 6.92 Å². The molecule has 4 nitrogen and oxygen atoms in total. The minimum Gasteiger partial charge on any atom is -0.352 e. The van der Waals surface area contributed by atoms with Gasteiger partial charge in [0, 0.05) is 30.5 Å². The fourth-order valence-corrected chi connectivity index (χ4v) is 5.25. The van der Waals surface area contributed by atoms with E-state index in [0.29, 0.717) is 30.8 Å². The van der Waals surface area contributed by atoms with Crippen LogP contribution < -0.4 is 5.32 Å². The Bertz CT molecular complexity index is 1160. The lowest BCUT2D eigenvalue weighted by Crippen LogP contribution is -2.53. The van der Waals surface area contributed by atoms with Gasteiger partial charge in [0.1, 0.15) is 6.04 Å². The van der Waals surface area contributed by atoms with E-state index in [-0.39, 0.29) is 17.9 Å². The van der Waals surface area contributed by atoms with Crippen LogP contribution in [0.2, 0.25) is 5.02 Å². The van der Waals surface area contributed by atoms with Crippen molar-refractivity contribution in [1.82, 2.24) is 10.2 Å². The molecule has 0 aromatic heterocycles. The number of hydrogen-bond acceptors (Lipinski definition) is 2. The van der Waals surface area contributed by atoms with Gasteiger partial charge in [-0.1, -0.05) is 109 Å². The van der Waals surface area contributed by atoms with Gasteiger partial charge >= 0.3 is 0 Å². The second kappa shape index (κ2) is 13.4. The monoisotopic (exact) mass is 516 g/mol. The Morgan fingerprint density at radius 1 is 0.892 bits per heavy atom. The first-order chi connectivity index (χ1) is 18.0. The summed E-state index contributed by atoms with van der Waals surface area (Å²) in [7, 11) is 0. The number of aryl methyl sites for hydroxylation is 2. The van der Waals surface area contributed by atoms with Crippen molar-refractivity contribution in [3.63, 3.8) is 0 Å². The molecule has 5 heteroatoms. The molecule has 1 N–H and O–H groups in total. The van der Waals surface area contributed by atoms with Crippen LogP contribution in [-0.4, -0.2) is 28.8 Å². The lowest BCUT2D eigenvalue weighted by Gasteiger charge is -2.33. The molecule has 1 atom stereocenters. The van der Waals surface area contributed by atoms with Crippen LogP contribution in [0.3, 0.4) is 0 Å². The van der Waals surface area contributed by atoms with Gasteiger partial charge in [0.15, 0.2) is 0 Å². The van der Waals surface area contributed by atoms with Crippen molar-refractivity contribution in [3.8, 4) is 0 Å². The molecule has 0 saturated heterocycles. The Morgan fingerprint density at radius 2 is 1.57 bits per heavy atom. The van der Waals surface area contributed by atoms with E-state index in [1.165, 1.54) is 12.0 Å². The van der Waals surface area contributed by atoms with Crippen molar-refractivity contribution in [1.29, 1.82) is 0 Å². The zero-order valence-corrected chi connectivity index (χ0v) is 22.4. The van der Waals surface area contributed by atoms with Crippen molar-refractivity contribution in [2.45, 2.75) is 76.9 Å². The highest BCUT2D eigenvalue weighted by Gasteiger charge is 2.32. The zero-order chi connectivity index (χ0) is 26.0. The quantitative estimate of drug-likeness (QED) is 0.327. The molecule has 0 aliphatic heterocycles. The Balaban J connectivity index is 1.61. The van der Waals surface area contributed by atoms with Crippen molar-refractivity contribution in [2.24, 2.45) is 0 Å². The van der Waals surface area contributed by atoms with E-state index in [1.54, 1.807) is 4.90 Å². The van der Waals surface area contributed by atoms with Crippen molar-refractivity contribution >= 4 is 23.4 Å². The normalized spacial score (nSPS) is 14.6. The maximum Gasteiger partial charge on any atom is 0.243 e. The van der Waals surface area contributed by atoms with E-state index in [4.69, 9.17) is 11.6 Å². The lowest BCUT2D eigenvalue weighted by molar-refractivity contribution is -0.141. The summed E-state index contributed by atoms with van der Waals surface area (Å²) >= 11 is 6.52. The van der Waals surface area contributed by atoms with Gasteiger partial charge in [-0.3, -0.25) is 9.59 Å². The first-order valence-corrected chi connectivity index (χ1v) is 13.8. The van der Waals surface area contributed by atoms with Crippen molar-refractivity contribution < 1.29 is 9.59 Å². The minimum atomic E-state index is -0.619. The van der Waals surface area contributed by atoms with Crippen molar-refractivity contribution in [2.75, 3.05) is 0 Å². The molecule has 0 radical (unpaired) electrons. The number of nitrogens with zero attached hydrogens (tertiary/aromatic N) is 1. The van der Waals surface area contributed by atoms with E-state index in [1.807, 2.05) is 54.6 Å².